The van der Waals surface area contributed by atoms with Crippen LogP contribution in [0.15, 0.2) is 49.1 Å². The van der Waals surface area contributed by atoms with Crippen LogP contribution in [0.3, 0.4) is 0 Å². The molecule has 0 amide bonds. The number of Topliss-reactive ketones (excluding diaryl/α,β-unsaturated/α-hetero) is 1. The van der Waals surface area contributed by atoms with Gasteiger partial charge in [-0.25, -0.2) is 4.98 Å². The van der Waals surface area contributed by atoms with E-state index in [0.29, 0.717) is 11.0 Å². The van der Waals surface area contributed by atoms with Gasteiger partial charge in [-0.05, 0) is 36.5 Å². The first-order valence-corrected chi connectivity index (χ1v) is 10.4. The molecule has 2 aromatic carbocycles. The van der Waals surface area contributed by atoms with Crippen LogP contribution in [0.2, 0.25) is 0 Å². The monoisotopic (exact) mass is 455 g/mol. The first-order valence-electron chi connectivity index (χ1n) is 11.9. The highest BCUT2D eigenvalue weighted by Crippen LogP contribution is 2.39. The molecule has 0 aliphatic heterocycles. The van der Waals surface area contributed by atoms with Gasteiger partial charge >= 0.3 is 6.61 Å². The molecule has 33 heavy (non-hydrogen) atoms. The quantitative estimate of drug-likeness (QED) is 0.349. The van der Waals surface area contributed by atoms with Crippen molar-refractivity contribution in [2.24, 2.45) is 13.0 Å². The zero-order chi connectivity index (χ0) is 25.6. The predicted octanol–water partition coefficient (Wildman–Crippen LogP) is 5.02. The van der Waals surface area contributed by atoms with Crippen molar-refractivity contribution in [3.05, 3.63) is 54.6 Å². The maximum atomic E-state index is 13.3. The first-order chi connectivity index (χ1) is 17.1. The van der Waals surface area contributed by atoms with Crippen molar-refractivity contribution in [1.82, 2.24) is 19.3 Å². The molecule has 4 aromatic rings. The van der Waals surface area contributed by atoms with Crippen LogP contribution in [0.1, 0.15) is 33.7 Å². The maximum Gasteiger partial charge on any atom is 0.387 e. The summed E-state index contributed by atoms with van der Waals surface area (Å²) in [5.41, 5.74) is 2.97. The molecule has 1 fully saturated rings. The zero-order valence-electron chi connectivity index (χ0n) is 20.7. The molecule has 9 heteroatoms. The highest BCUT2D eigenvalue weighted by Gasteiger charge is 2.29. The molecule has 5 rings (SSSR count). The fraction of sp³-hybridized carbons (Fsp3) is 0.292. The number of alkyl halides is 2. The number of benzene rings is 2. The Balaban J connectivity index is 1.62. The smallest absolute Gasteiger partial charge is 0.387 e. The summed E-state index contributed by atoms with van der Waals surface area (Å²) in [7, 11) is -1.10. The standard InChI is InChI=1S/C24H22F2N4O3/c1-29-12-16(11-28-29)15-5-6-19-18(8-15)27-13-30(19)17-9-21(32-2)23(20(31)7-14-3-4-14)22(10-17)33-24(25)26/h5-6,8-14,24H,3-4,7H2,1-2H3/i2D3. The number of methoxy groups -OCH3 is 1. The Labute approximate surface area is 192 Å². The Morgan fingerprint density at radius 3 is 2.76 bits per heavy atom. The molecule has 1 saturated carbocycles. The second-order valence-electron chi connectivity index (χ2n) is 8.09. The van der Waals surface area contributed by atoms with Gasteiger partial charge in [0.05, 0.1) is 34.1 Å². The summed E-state index contributed by atoms with van der Waals surface area (Å²) >= 11 is 0. The summed E-state index contributed by atoms with van der Waals surface area (Å²) in [5.74, 6) is -1.15. The van der Waals surface area contributed by atoms with Crippen molar-refractivity contribution < 1.29 is 27.2 Å². The minimum Gasteiger partial charge on any atom is -0.496 e. The van der Waals surface area contributed by atoms with E-state index in [-0.39, 0.29) is 29.3 Å². The lowest BCUT2D eigenvalue weighted by molar-refractivity contribution is -0.0502. The van der Waals surface area contributed by atoms with E-state index in [1.165, 1.54) is 18.5 Å². The van der Waals surface area contributed by atoms with Crippen molar-refractivity contribution >= 4 is 16.8 Å². The summed E-state index contributed by atoms with van der Waals surface area (Å²) in [6, 6.07) is 8.12. The summed E-state index contributed by atoms with van der Waals surface area (Å²) in [5, 5.41) is 4.17. The predicted molar refractivity (Wildman–Crippen MR) is 118 cm³/mol. The van der Waals surface area contributed by atoms with Crippen LogP contribution < -0.4 is 9.47 Å². The molecule has 0 unspecified atom stereocenters. The van der Waals surface area contributed by atoms with Crippen LogP contribution in [0.5, 0.6) is 11.5 Å². The minimum absolute atomic E-state index is 0.0986. The molecular formula is C24H22F2N4O3. The summed E-state index contributed by atoms with van der Waals surface area (Å²) in [6.07, 6.45) is 6.87. The van der Waals surface area contributed by atoms with Crippen LogP contribution in [0.4, 0.5) is 8.78 Å². The number of rotatable bonds is 8. The maximum absolute atomic E-state index is 13.3. The van der Waals surface area contributed by atoms with Gasteiger partial charge in [0, 0.05) is 37.4 Å². The number of hydrogen-bond donors (Lipinski definition) is 0. The molecule has 2 heterocycles. The fourth-order valence-corrected chi connectivity index (χ4v) is 3.91. The molecular weight excluding hydrogens is 430 g/mol. The second kappa shape index (κ2) is 8.31. The van der Waals surface area contributed by atoms with Crippen molar-refractivity contribution in [2.45, 2.75) is 25.9 Å². The molecule has 7 nitrogen and oxygen atoms in total. The molecule has 0 atom stereocenters. The topological polar surface area (TPSA) is 71.2 Å². The number of carbonyl (C=O) groups is 1. The molecule has 1 aliphatic carbocycles. The number of ether oxygens (including phenoxy) is 2. The average Bonchev–Trinajstić information content (AvgIpc) is 3.32. The molecule has 170 valence electrons. The van der Waals surface area contributed by atoms with Gasteiger partial charge in [0.25, 0.3) is 0 Å². The Kier molecular flexibility index (Phi) is 4.47. The van der Waals surface area contributed by atoms with Crippen LogP contribution in [0.25, 0.3) is 27.8 Å². The van der Waals surface area contributed by atoms with E-state index in [1.807, 2.05) is 25.4 Å². The zero-order valence-corrected chi connectivity index (χ0v) is 17.7. The van der Waals surface area contributed by atoms with E-state index >= 15 is 0 Å². The third kappa shape index (κ3) is 4.18. The lowest BCUT2D eigenvalue weighted by Crippen LogP contribution is -2.11. The fourth-order valence-electron chi connectivity index (χ4n) is 3.91. The van der Waals surface area contributed by atoms with Crippen molar-refractivity contribution in [3.8, 4) is 28.3 Å². The number of hydrogen-bond acceptors (Lipinski definition) is 5. The Morgan fingerprint density at radius 1 is 1.24 bits per heavy atom. The number of aryl methyl sites for hydroxylation is 1. The molecule has 0 spiro atoms. The number of aromatic nitrogens is 4. The molecule has 0 saturated heterocycles. The second-order valence-corrected chi connectivity index (χ2v) is 8.09. The van der Waals surface area contributed by atoms with E-state index in [2.05, 4.69) is 10.1 Å². The number of ketones is 1. The highest BCUT2D eigenvalue weighted by atomic mass is 19.3. The third-order valence-corrected chi connectivity index (χ3v) is 5.69. The van der Waals surface area contributed by atoms with Gasteiger partial charge in [-0.1, -0.05) is 6.07 Å². The Morgan fingerprint density at radius 2 is 2.06 bits per heavy atom. The van der Waals surface area contributed by atoms with E-state index in [9.17, 15) is 13.6 Å². The lowest BCUT2D eigenvalue weighted by atomic mass is 10.0. The van der Waals surface area contributed by atoms with E-state index in [4.69, 9.17) is 13.6 Å². The number of imidazole rings is 1. The lowest BCUT2D eigenvalue weighted by Gasteiger charge is -2.16. The summed E-state index contributed by atoms with van der Waals surface area (Å²) in [6.45, 7) is -3.23. The number of fused-ring (bicyclic) bond motifs is 1. The number of nitrogens with zero attached hydrogens (tertiary/aromatic N) is 4. The SMILES string of the molecule is [2H]C([2H])([2H])Oc1cc(-n2cnc3cc(-c4cnn(C)c4)ccc32)cc(OC(F)F)c1C(=O)CC1CC1. The van der Waals surface area contributed by atoms with Gasteiger partial charge in [-0.2, -0.15) is 13.9 Å². The largest absolute Gasteiger partial charge is 0.496 e. The molecule has 0 bridgehead atoms. The molecule has 0 N–H and O–H groups in total. The summed E-state index contributed by atoms with van der Waals surface area (Å²) in [4.78, 5) is 17.4. The highest BCUT2D eigenvalue weighted by molar-refractivity contribution is 6.02. The van der Waals surface area contributed by atoms with Gasteiger partial charge < -0.3 is 9.47 Å². The number of halogens is 2. The van der Waals surface area contributed by atoms with E-state index in [0.717, 1.165) is 24.0 Å². The Bertz CT molecular complexity index is 1440. The van der Waals surface area contributed by atoms with E-state index in [1.54, 1.807) is 21.5 Å². The van der Waals surface area contributed by atoms with Gasteiger partial charge in [0.15, 0.2) is 5.78 Å². The minimum atomic E-state index is -3.23. The van der Waals surface area contributed by atoms with E-state index < -0.39 is 25.2 Å². The molecule has 1 aliphatic rings. The Hall–Kier alpha value is -3.75. The molecule has 0 radical (unpaired) electrons. The van der Waals surface area contributed by atoms with Gasteiger partial charge in [-0.3, -0.25) is 14.0 Å². The third-order valence-electron chi connectivity index (χ3n) is 5.69. The van der Waals surface area contributed by atoms with Gasteiger partial charge in [0.1, 0.15) is 23.4 Å². The van der Waals surface area contributed by atoms with Crippen molar-refractivity contribution in [2.75, 3.05) is 7.04 Å². The first kappa shape index (κ1) is 17.8. The van der Waals surface area contributed by atoms with Gasteiger partial charge in [-0.15, -0.1) is 0 Å². The summed E-state index contributed by atoms with van der Waals surface area (Å²) < 4.78 is 62.4. The van der Waals surface area contributed by atoms with Crippen molar-refractivity contribution in [1.29, 1.82) is 0 Å². The van der Waals surface area contributed by atoms with Crippen molar-refractivity contribution in [3.63, 3.8) is 0 Å². The van der Waals surface area contributed by atoms with Crippen LogP contribution >= 0.6 is 0 Å². The number of carbonyl (C=O) groups excluding carboxylic acids is 1. The van der Waals surface area contributed by atoms with Gasteiger partial charge in [0.2, 0.25) is 0 Å². The normalized spacial score (nSPS) is 15.3. The van der Waals surface area contributed by atoms with Crippen LogP contribution in [-0.4, -0.2) is 38.8 Å². The molecule has 2 aromatic heterocycles. The van der Waals surface area contributed by atoms with Crippen LogP contribution in [0, 0.1) is 5.92 Å². The van der Waals surface area contributed by atoms with Crippen LogP contribution in [-0.2, 0) is 7.05 Å². The average molecular weight is 455 g/mol.